The lowest BCUT2D eigenvalue weighted by molar-refractivity contribution is -0.0498. The van der Waals surface area contributed by atoms with E-state index in [0.717, 1.165) is 6.26 Å². The van der Waals surface area contributed by atoms with Crippen LogP contribution < -0.4 is 9.47 Å². The average Bonchev–Trinajstić information content (AvgIpc) is 3.58. The summed E-state index contributed by atoms with van der Waals surface area (Å²) in [7, 11) is -5.53. The molecule has 43 heavy (non-hydrogen) atoms. The molecule has 3 heterocycles. The molecule has 1 aliphatic heterocycles. The van der Waals surface area contributed by atoms with Gasteiger partial charge in [-0.3, -0.25) is 0 Å². The van der Waals surface area contributed by atoms with Gasteiger partial charge in [0.1, 0.15) is 29.0 Å². The molecule has 0 unspecified atom stereocenters. The molecule has 0 saturated carbocycles. The number of sulfone groups is 1. The molecule has 0 radical (unpaired) electrons. The van der Waals surface area contributed by atoms with E-state index >= 15 is 0 Å². The molecule has 1 N–H and O–H groups in total. The number of aromatic amines is 1. The van der Waals surface area contributed by atoms with E-state index in [1.165, 1.54) is 30.5 Å². The van der Waals surface area contributed by atoms with Crippen molar-refractivity contribution in [3.63, 3.8) is 0 Å². The Labute approximate surface area is 252 Å². The minimum atomic E-state index is -3.48. The van der Waals surface area contributed by atoms with Gasteiger partial charge in [0.15, 0.2) is 14.9 Å². The second-order valence-corrected chi connectivity index (χ2v) is 19.0. The first-order valence-electron chi connectivity index (χ1n) is 14.2. The van der Waals surface area contributed by atoms with Crippen molar-refractivity contribution >= 4 is 24.1 Å². The number of ether oxygens (including phenoxy) is 3. The van der Waals surface area contributed by atoms with Crippen molar-refractivity contribution in [1.82, 2.24) is 9.97 Å². The molecule has 1 atom stereocenters. The number of rotatable bonds is 13. The van der Waals surface area contributed by atoms with E-state index in [-0.39, 0.29) is 28.4 Å². The minimum absolute atomic E-state index is 0.110. The van der Waals surface area contributed by atoms with Crippen LogP contribution in [0.4, 0.5) is 8.78 Å². The molecule has 1 aromatic carbocycles. The van der Waals surface area contributed by atoms with Crippen molar-refractivity contribution in [3.05, 3.63) is 54.4 Å². The molecule has 0 fully saturated rings. The topological polar surface area (TPSA) is 112 Å². The summed E-state index contributed by atoms with van der Waals surface area (Å²) in [5.41, 5.74) is 3.13. The number of nitrogens with one attached hydrogen (secondary N) is 1. The molecule has 0 saturated heterocycles. The number of aromatic nitrogens is 2. The zero-order valence-electron chi connectivity index (χ0n) is 25.4. The van der Waals surface area contributed by atoms with E-state index in [4.69, 9.17) is 13.9 Å². The monoisotopic (exact) mass is 635 g/mol. The fourth-order valence-electron chi connectivity index (χ4n) is 5.82. The quantitative estimate of drug-likeness (QED) is 0.198. The third-order valence-corrected chi connectivity index (χ3v) is 14.7. The molecule has 1 aliphatic rings. The van der Waals surface area contributed by atoms with Gasteiger partial charge in [-0.2, -0.15) is 8.78 Å². The van der Waals surface area contributed by atoms with Gasteiger partial charge in [0.05, 0.1) is 19.3 Å². The van der Waals surface area contributed by atoms with Crippen LogP contribution in [-0.4, -0.2) is 64.7 Å². The summed E-state index contributed by atoms with van der Waals surface area (Å²) in [6.07, 6.45) is 2.09. The smallest absolute Gasteiger partial charge is 0.387 e. The predicted molar refractivity (Wildman–Crippen MR) is 164 cm³/mol. The maximum atomic E-state index is 13.1. The van der Waals surface area contributed by atoms with Crippen molar-refractivity contribution in [2.24, 2.45) is 4.99 Å². The van der Waals surface area contributed by atoms with Gasteiger partial charge in [0, 0.05) is 23.6 Å². The zero-order chi connectivity index (χ0) is 31.5. The Balaban J connectivity index is 1.50. The largest absolute Gasteiger partial charge is 0.469 e. The summed E-state index contributed by atoms with van der Waals surface area (Å²) in [6, 6.07) is 10.7. The highest BCUT2D eigenvalue weighted by Gasteiger charge is 2.45. The summed E-state index contributed by atoms with van der Waals surface area (Å²) in [5, 5.41) is -0.110. The van der Waals surface area contributed by atoms with Crippen LogP contribution in [0.15, 0.2) is 58.7 Å². The van der Waals surface area contributed by atoms with Gasteiger partial charge in [0.25, 0.3) is 0 Å². The van der Waals surface area contributed by atoms with Crippen molar-refractivity contribution in [3.8, 4) is 28.5 Å². The maximum Gasteiger partial charge on any atom is 0.387 e. The van der Waals surface area contributed by atoms with Crippen molar-refractivity contribution in [2.75, 3.05) is 19.4 Å². The summed E-state index contributed by atoms with van der Waals surface area (Å²) in [4.78, 5) is 11.7. The molecule has 0 aliphatic carbocycles. The Morgan fingerprint density at radius 1 is 0.953 bits per heavy atom. The van der Waals surface area contributed by atoms with Crippen LogP contribution in [0.3, 0.4) is 0 Å². The highest BCUT2D eigenvalue weighted by atomic mass is 32.2. The van der Waals surface area contributed by atoms with Gasteiger partial charge in [0.2, 0.25) is 14.2 Å². The van der Waals surface area contributed by atoms with E-state index in [9.17, 15) is 17.2 Å². The van der Waals surface area contributed by atoms with Crippen molar-refractivity contribution < 1.29 is 35.8 Å². The van der Waals surface area contributed by atoms with Crippen LogP contribution in [0.5, 0.6) is 17.2 Å². The van der Waals surface area contributed by atoms with Gasteiger partial charge in [-0.25, -0.2) is 18.4 Å². The fraction of sp³-hybridized carbons (Fsp3) is 0.467. The lowest BCUT2D eigenvalue weighted by Gasteiger charge is -2.42. The van der Waals surface area contributed by atoms with Crippen LogP contribution in [0.25, 0.3) is 11.3 Å². The van der Waals surface area contributed by atoms with E-state index < -0.39 is 24.8 Å². The molecule has 3 aromatic rings. The molecule has 4 rings (SSSR count). The first kappa shape index (κ1) is 32.6. The number of hydrogen-bond acceptors (Lipinski definition) is 8. The SMILES string of the molecule is CC(C)[Si](OC[C@H]1CN=C(c2ccc(-c3cc(Oc4ccc(S(C)(=O)=O)nc4)cc(OC(F)F)c3)[nH]2)O1)(C(C)C)C(C)C. The third-order valence-electron chi connectivity index (χ3n) is 7.60. The summed E-state index contributed by atoms with van der Waals surface area (Å²) < 4.78 is 72.9. The lowest BCUT2D eigenvalue weighted by Crippen LogP contribution is -2.49. The number of hydrogen-bond donors (Lipinski definition) is 1. The number of nitrogens with zero attached hydrogens (tertiary/aromatic N) is 2. The van der Waals surface area contributed by atoms with Gasteiger partial charge < -0.3 is 23.6 Å². The Hall–Kier alpha value is -3.29. The Bertz CT molecular complexity index is 1520. The predicted octanol–water partition coefficient (Wildman–Crippen LogP) is 7.21. The molecular formula is C30H39F2N3O6SSi. The number of pyridine rings is 1. The van der Waals surface area contributed by atoms with Crippen LogP contribution in [0.2, 0.25) is 16.6 Å². The van der Waals surface area contributed by atoms with Gasteiger partial charge >= 0.3 is 6.61 Å². The summed E-state index contributed by atoms with van der Waals surface area (Å²) in [5.74, 6) is 0.762. The molecule has 234 valence electrons. The van der Waals surface area contributed by atoms with Crippen molar-refractivity contribution in [2.45, 2.75) is 75.9 Å². The molecule has 0 spiro atoms. The van der Waals surface area contributed by atoms with Crippen LogP contribution >= 0.6 is 0 Å². The van der Waals surface area contributed by atoms with E-state index in [1.807, 2.05) is 6.07 Å². The van der Waals surface area contributed by atoms with Crippen LogP contribution in [0, 0.1) is 0 Å². The van der Waals surface area contributed by atoms with E-state index in [1.54, 1.807) is 12.1 Å². The number of aliphatic imine (C=N–C) groups is 1. The first-order valence-corrected chi connectivity index (χ1v) is 18.2. The average molecular weight is 636 g/mol. The van der Waals surface area contributed by atoms with Crippen molar-refractivity contribution in [1.29, 1.82) is 0 Å². The van der Waals surface area contributed by atoms with E-state index in [0.29, 0.717) is 52.6 Å². The number of benzene rings is 1. The molecule has 0 bridgehead atoms. The van der Waals surface area contributed by atoms with Crippen LogP contribution in [-0.2, 0) is 19.0 Å². The summed E-state index contributed by atoms with van der Waals surface area (Å²) >= 11 is 0. The zero-order valence-corrected chi connectivity index (χ0v) is 27.2. The third kappa shape index (κ3) is 7.62. The van der Waals surface area contributed by atoms with Gasteiger partial charge in [-0.1, -0.05) is 41.5 Å². The normalized spacial score (nSPS) is 15.8. The summed E-state index contributed by atoms with van der Waals surface area (Å²) in [6.45, 7) is 11.4. The number of alkyl halides is 2. The van der Waals surface area contributed by atoms with Gasteiger partial charge in [-0.05, 0) is 53.0 Å². The second kappa shape index (κ2) is 13.1. The Kier molecular flexibility index (Phi) is 9.97. The minimum Gasteiger partial charge on any atom is -0.469 e. The lowest BCUT2D eigenvalue weighted by atomic mass is 10.1. The van der Waals surface area contributed by atoms with Gasteiger partial charge in [-0.15, -0.1) is 0 Å². The fourth-order valence-corrected chi connectivity index (χ4v) is 11.9. The first-order chi connectivity index (χ1) is 20.2. The highest BCUT2D eigenvalue weighted by Crippen LogP contribution is 2.42. The molecule has 2 aromatic heterocycles. The second-order valence-electron chi connectivity index (χ2n) is 11.6. The number of H-pyrrole nitrogens is 1. The number of halogens is 2. The highest BCUT2D eigenvalue weighted by molar-refractivity contribution is 7.90. The van der Waals surface area contributed by atoms with Crippen LogP contribution in [0.1, 0.15) is 47.2 Å². The molecule has 13 heteroatoms. The Morgan fingerprint density at radius 3 is 2.19 bits per heavy atom. The molecule has 9 nitrogen and oxygen atoms in total. The Morgan fingerprint density at radius 2 is 1.60 bits per heavy atom. The maximum absolute atomic E-state index is 13.1. The van der Waals surface area contributed by atoms with E-state index in [2.05, 4.69) is 61.2 Å². The molecular weight excluding hydrogens is 596 g/mol. The standard InChI is InChI=1S/C30H39F2N3O6SSi/c1-18(2)43(19(3)4,20(5)6)38-17-25-16-34-29(40-25)27-10-9-26(35-27)21-12-23(14-24(13-21)41-30(31)32)39-22-8-11-28(33-15-22)42(7,36)37/h8-15,18-20,25,30,35H,16-17H2,1-7H3/t25-/m1/s1. The molecule has 0 amide bonds.